The normalized spacial score (nSPS) is 51.4. The van der Waals surface area contributed by atoms with Crippen molar-refractivity contribution in [3.63, 3.8) is 0 Å². The minimum Gasteiger partial charge on any atom is -0.396 e. The van der Waals surface area contributed by atoms with Gasteiger partial charge in [0.15, 0.2) is 0 Å². The summed E-state index contributed by atoms with van der Waals surface area (Å²) in [5.41, 5.74) is 0. The zero-order valence-electron chi connectivity index (χ0n) is 4.80. The first-order valence-electron chi connectivity index (χ1n) is 3.27. The molecule has 2 rings (SSSR count). The highest BCUT2D eigenvalue weighted by molar-refractivity contribution is 5.06. The summed E-state index contributed by atoms with van der Waals surface area (Å²) in [6, 6.07) is 0.694. The largest absolute Gasteiger partial charge is 0.396 e. The molecule has 2 fully saturated rings. The lowest BCUT2D eigenvalue weighted by atomic mass is 10.2. The summed E-state index contributed by atoms with van der Waals surface area (Å²) < 4.78 is 0. The van der Waals surface area contributed by atoms with Crippen molar-refractivity contribution >= 4 is 0 Å². The van der Waals surface area contributed by atoms with Crippen molar-refractivity contribution in [1.82, 2.24) is 5.32 Å². The first-order valence-corrected chi connectivity index (χ1v) is 3.27. The van der Waals surface area contributed by atoms with Gasteiger partial charge in [0.05, 0.1) is 0 Å². The van der Waals surface area contributed by atoms with Crippen LogP contribution in [0.3, 0.4) is 0 Å². The van der Waals surface area contributed by atoms with Gasteiger partial charge in [0.25, 0.3) is 0 Å². The average Bonchev–Trinajstić information content (AvgIpc) is 2.22. The van der Waals surface area contributed by atoms with Gasteiger partial charge in [0, 0.05) is 18.6 Å². The summed E-state index contributed by atoms with van der Waals surface area (Å²) in [6.07, 6.45) is 1.29. The Kier molecular flexibility index (Phi) is 0.866. The smallest absolute Gasteiger partial charge is 0.0477 e. The van der Waals surface area contributed by atoms with Crippen molar-refractivity contribution < 1.29 is 5.11 Å². The number of aliphatic hydroxyl groups is 1. The molecule has 1 saturated heterocycles. The van der Waals surface area contributed by atoms with Crippen LogP contribution in [0.2, 0.25) is 0 Å². The predicted molar refractivity (Wildman–Crippen MR) is 30.5 cm³/mol. The SMILES string of the molecule is OC[C@@H]1[C@H]2CCN[C@@H]12. The Morgan fingerprint density at radius 3 is 2.88 bits per heavy atom. The van der Waals surface area contributed by atoms with Gasteiger partial charge in [0.1, 0.15) is 0 Å². The number of fused-ring (bicyclic) bond motifs is 1. The minimum atomic E-state index is 0.391. The molecule has 0 unspecified atom stereocenters. The molecule has 3 atom stereocenters. The number of aliphatic hydroxyl groups excluding tert-OH is 1. The number of hydrogen-bond donors (Lipinski definition) is 2. The third kappa shape index (κ3) is 0.446. The highest BCUT2D eigenvalue weighted by Crippen LogP contribution is 2.44. The van der Waals surface area contributed by atoms with Crippen molar-refractivity contribution in [1.29, 1.82) is 0 Å². The Bertz CT molecular complexity index is 87.9. The molecule has 0 aromatic heterocycles. The maximum Gasteiger partial charge on any atom is 0.0477 e. The Balaban J connectivity index is 1.94. The highest BCUT2D eigenvalue weighted by atomic mass is 16.3. The minimum absolute atomic E-state index is 0.391. The van der Waals surface area contributed by atoms with E-state index in [1.54, 1.807) is 0 Å². The fourth-order valence-corrected chi connectivity index (χ4v) is 1.81. The van der Waals surface area contributed by atoms with Crippen molar-refractivity contribution in [2.24, 2.45) is 11.8 Å². The molecule has 1 heterocycles. The summed E-state index contributed by atoms with van der Waals surface area (Å²) in [6.45, 7) is 1.56. The molecule has 0 aromatic rings. The predicted octanol–water partition coefficient (Wildman–Crippen LogP) is -0.413. The van der Waals surface area contributed by atoms with Gasteiger partial charge < -0.3 is 10.4 Å². The maximum absolute atomic E-state index is 8.67. The van der Waals surface area contributed by atoms with Gasteiger partial charge in [0.2, 0.25) is 0 Å². The van der Waals surface area contributed by atoms with E-state index in [9.17, 15) is 0 Å². The molecule has 2 heteroatoms. The fraction of sp³-hybridized carbons (Fsp3) is 1.00. The molecule has 46 valence electrons. The third-order valence-electron chi connectivity index (χ3n) is 2.40. The Hall–Kier alpha value is -0.0800. The van der Waals surface area contributed by atoms with Crippen LogP contribution < -0.4 is 5.32 Å². The quantitative estimate of drug-likeness (QED) is 0.484. The Labute approximate surface area is 48.9 Å². The molecule has 1 aliphatic carbocycles. The van der Waals surface area contributed by atoms with Crippen molar-refractivity contribution in [2.75, 3.05) is 13.2 Å². The maximum atomic E-state index is 8.67. The molecule has 0 radical (unpaired) electrons. The molecule has 1 saturated carbocycles. The first kappa shape index (κ1) is 4.77. The molecule has 2 nitrogen and oxygen atoms in total. The van der Waals surface area contributed by atoms with Gasteiger partial charge in [-0.25, -0.2) is 0 Å². The zero-order valence-corrected chi connectivity index (χ0v) is 4.80. The molecule has 0 spiro atoms. The van der Waals surface area contributed by atoms with Gasteiger partial charge in [-0.1, -0.05) is 0 Å². The van der Waals surface area contributed by atoms with Crippen LogP contribution in [0, 0.1) is 11.8 Å². The van der Waals surface area contributed by atoms with Gasteiger partial charge in [-0.05, 0) is 18.9 Å². The van der Waals surface area contributed by atoms with Crippen LogP contribution in [0.25, 0.3) is 0 Å². The van der Waals surface area contributed by atoms with Crippen LogP contribution in [0.5, 0.6) is 0 Å². The zero-order chi connectivity index (χ0) is 5.56. The lowest BCUT2D eigenvalue weighted by Crippen LogP contribution is -2.16. The van der Waals surface area contributed by atoms with Crippen molar-refractivity contribution in [3.8, 4) is 0 Å². The Morgan fingerprint density at radius 2 is 2.50 bits per heavy atom. The van der Waals surface area contributed by atoms with E-state index in [0.29, 0.717) is 18.6 Å². The van der Waals surface area contributed by atoms with Gasteiger partial charge in [-0.15, -0.1) is 0 Å². The van der Waals surface area contributed by atoms with E-state index in [4.69, 9.17) is 5.11 Å². The molecular weight excluding hydrogens is 102 g/mol. The van der Waals surface area contributed by atoms with Crippen molar-refractivity contribution in [2.45, 2.75) is 12.5 Å². The van der Waals surface area contributed by atoms with E-state index in [0.717, 1.165) is 5.92 Å². The second kappa shape index (κ2) is 1.45. The number of hydrogen-bond acceptors (Lipinski definition) is 2. The van der Waals surface area contributed by atoms with Crippen LogP contribution in [0.15, 0.2) is 0 Å². The lowest BCUT2D eigenvalue weighted by molar-refractivity contribution is 0.259. The van der Waals surface area contributed by atoms with Crippen molar-refractivity contribution in [3.05, 3.63) is 0 Å². The topological polar surface area (TPSA) is 32.3 Å². The van der Waals surface area contributed by atoms with E-state index in [2.05, 4.69) is 5.32 Å². The van der Waals surface area contributed by atoms with E-state index in [-0.39, 0.29) is 0 Å². The average molecular weight is 113 g/mol. The van der Waals surface area contributed by atoms with E-state index < -0.39 is 0 Å². The van der Waals surface area contributed by atoms with E-state index >= 15 is 0 Å². The second-order valence-electron chi connectivity index (χ2n) is 2.78. The third-order valence-corrected chi connectivity index (χ3v) is 2.40. The summed E-state index contributed by atoms with van der Waals surface area (Å²) in [4.78, 5) is 0. The number of nitrogens with one attached hydrogen (secondary N) is 1. The van der Waals surface area contributed by atoms with Crippen LogP contribution in [-0.4, -0.2) is 24.3 Å². The van der Waals surface area contributed by atoms with Crippen LogP contribution in [0.4, 0.5) is 0 Å². The molecular formula is C6H11NO. The van der Waals surface area contributed by atoms with Crippen LogP contribution in [0.1, 0.15) is 6.42 Å². The molecule has 2 N–H and O–H groups in total. The second-order valence-corrected chi connectivity index (χ2v) is 2.78. The van der Waals surface area contributed by atoms with Crippen LogP contribution in [-0.2, 0) is 0 Å². The molecule has 0 amide bonds. The molecule has 0 aromatic carbocycles. The van der Waals surface area contributed by atoms with Gasteiger partial charge in [-0.3, -0.25) is 0 Å². The molecule has 1 aliphatic heterocycles. The summed E-state index contributed by atoms with van der Waals surface area (Å²) in [5, 5.41) is 12.0. The standard InChI is InChI=1S/C6H11NO/c8-3-5-4-1-2-7-6(4)5/h4-8H,1-3H2/t4-,5-,6-/m1/s1. The number of piperidine rings is 1. The lowest BCUT2D eigenvalue weighted by Gasteiger charge is -1.96. The fourth-order valence-electron chi connectivity index (χ4n) is 1.81. The Morgan fingerprint density at radius 1 is 1.62 bits per heavy atom. The molecule has 8 heavy (non-hydrogen) atoms. The summed E-state index contributed by atoms with van der Waals surface area (Å²) >= 11 is 0. The molecule has 2 aliphatic rings. The van der Waals surface area contributed by atoms with Gasteiger partial charge in [-0.2, -0.15) is 0 Å². The monoisotopic (exact) mass is 113 g/mol. The molecule has 0 bridgehead atoms. The van der Waals surface area contributed by atoms with Crippen LogP contribution >= 0.6 is 0 Å². The summed E-state index contributed by atoms with van der Waals surface area (Å²) in [7, 11) is 0. The first-order chi connectivity index (χ1) is 3.93. The van der Waals surface area contributed by atoms with E-state index in [1.807, 2.05) is 0 Å². The summed E-state index contributed by atoms with van der Waals surface area (Å²) in [5.74, 6) is 1.45. The highest BCUT2D eigenvalue weighted by Gasteiger charge is 2.51. The number of rotatable bonds is 1. The van der Waals surface area contributed by atoms with Gasteiger partial charge >= 0.3 is 0 Å². The van der Waals surface area contributed by atoms with E-state index in [1.165, 1.54) is 13.0 Å².